The van der Waals surface area contributed by atoms with Crippen LogP contribution >= 0.6 is 0 Å². The molecule has 5 heteroatoms. The van der Waals surface area contributed by atoms with E-state index in [1.54, 1.807) is 0 Å². The van der Waals surface area contributed by atoms with E-state index < -0.39 is 0 Å². The first-order chi connectivity index (χ1) is 24.8. The third kappa shape index (κ3) is 4.67. The van der Waals surface area contributed by atoms with Gasteiger partial charge in [-0.05, 0) is 58.7 Å². The molecular weight excluding hydrogens is 613 g/mol. The van der Waals surface area contributed by atoms with E-state index in [1.807, 2.05) is 54.6 Å². The predicted molar refractivity (Wildman–Crippen MR) is 203 cm³/mol. The second kappa shape index (κ2) is 11.4. The number of furan rings is 1. The van der Waals surface area contributed by atoms with E-state index >= 15 is 0 Å². The highest BCUT2D eigenvalue weighted by Crippen LogP contribution is 2.36. The van der Waals surface area contributed by atoms with E-state index in [0.717, 1.165) is 66.0 Å². The minimum Gasteiger partial charge on any atom is -0.456 e. The number of aromatic nitrogens is 4. The lowest BCUT2D eigenvalue weighted by Crippen LogP contribution is -2.06. The number of rotatable bonds is 5. The monoisotopic (exact) mass is 640 g/mol. The highest BCUT2D eigenvalue weighted by Gasteiger charge is 2.18. The van der Waals surface area contributed by atoms with E-state index in [-0.39, 0.29) is 0 Å². The van der Waals surface area contributed by atoms with Gasteiger partial charge in [-0.2, -0.15) is 9.97 Å². The van der Waals surface area contributed by atoms with Crippen LogP contribution in [0.25, 0.3) is 94.7 Å². The number of nitrogens with zero attached hydrogens (tertiary/aromatic N) is 4. The van der Waals surface area contributed by atoms with Crippen LogP contribution in [0.4, 0.5) is 0 Å². The van der Waals surface area contributed by atoms with Gasteiger partial charge in [0, 0.05) is 32.7 Å². The summed E-state index contributed by atoms with van der Waals surface area (Å²) in [6.07, 6.45) is 0. The zero-order valence-corrected chi connectivity index (χ0v) is 26.9. The summed E-state index contributed by atoms with van der Waals surface area (Å²) in [6.45, 7) is 0. The van der Waals surface area contributed by atoms with Gasteiger partial charge in [0.1, 0.15) is 11.2 Å². The van der Waals surface area contributed by atoms with Gasteiger partial charge < -0.3 is 4.42 Å². The Morgan fingerprint density at radius 3 is 1.64 bits per heavy atom. The number of hydrogen-bond acceptors (Lipinski definition) is 4. The van der Waals surface area contributed by atoms with Crippen LogP contribution in [0.2, 0.25) is 0 Å². The van der Waals surface area contributed by atoms with Crippen molar-refractivity contribution in [1.82, 2.24) is 19.5 Å². The Hall–Kier alpha value is -6.85. The molecule has 50 heavy (non-hydrogen) atoms. The maximum absolute atomic E-state index is 6.17. The van der Waals surface area contributed by atoms with Crippen molar-refractivity contribution in [2.45, 2.75) is 0 Å². The molecule has 10 aromatic rings. The lowest BCUT2D eigenvalue weighted by atomic mass is 10.0. The fourth-order valence-corrected chi connectivity index (χ4v) is 7.03. The van der Waals surface area contributed by atoms with Crippen LogP contribution in [-0.2, 0) is 0 Å². The second-order valence-electron chi connectivity index (χ2n) is 12.5. The van der Waals surface area contributed by atoms with Crippen LogP contribution in [0, 0.1) is 0 Å². The Morgan fingerprint density at radius 1 is 0.340 bits per heavy atom. The topological polar surface area (TPSA) is 56.7 Å². The van der Waals surface area contributed by atoms with Gasteiger partial charge in [-0.15, -0.1) is 0 Å². The van der Waals surface area contributed by atoms with E-state index in [0.29, 0.717) is 17.6 Å². The van der Waals surface area contributed by atoms with Gasteiger partial charge in [0.05, 0.1) is 11.0 Å². The zero-order valence-electron chi connectivity index (χ0n) is 26.9. The molecule has 0 aliphatic heterocycles. The van der Waals surface area contributed by atoms with Gasteiger partial charge in [-0.1, -0.05) is 133 Å². The van der Waals surface area contributed by atoms with Gasteiger partial charge in [0.2, 0.25) is 5.95 Å². The summed E-state index contributed by atoms with van der Waals surface area (Å²) in [4.78, 5) is 15.3. The highest BCUT2D eigenvalue weighted by atomic mass is 16.3. The van der Waals surface area contributed by atoms with Crippen molar-refractivity contribution in [1.29, 1.82) is 0 Å². The fourth-order valence-electron chi connectivity index (χ4n) is 7.03. The molecule has 0 bridgehead atoms. The van der Waals surface area contributed by atoms with Crippen molar-refractivity contribution in [2.24, 2.45) is 0 Å². The molecule has 5 nitrogen and oxygen atoms in total. The molecule has 0 spiro atoms. The van der Waals surface area contributed by atoms with Crippen LogP contribution < -0.4 is 0 Å². The van der Waals surface area contributed by atoms with Crippen LogP contribution in [0.5, 0.6) is 0 Å². The van der Waals surface area contributed by atoms with Crippen LogP contribution in [0.1, 0.15) is 0 Å². The summed E-state index contributed by atoms with van der Waals surface area (Å²) in [5.41, 5.74) is 10.2. The van der Waals surface area contributed by atoms with Crippen molar-refractivity contribution < 1.29 is 4.42 Å². The Bertz CT molecular complexity index is 2850. The average molecular weight is 641 g/mol. The van der Waals surface area contributed by atoms with E-state index in [4.69, 9.17) is 19.4 Å². The maximum atomic E-state index is 6.17. The van der Waals surface area contributed by atoms with Gasteiger partial charge in [-0.3, -0.25) is 4.57 Å². The zero-order chi connectivity index (χ0) is 33.0. The van der Waals surface area contributed by atoms with E-state index in [2.05, 4.69) is 120 Å². The summed E-state index contributed by atoms with van der Waals surface area (Å²) in [5, 5.41) is 4.54. The molecule has 0 amide bonds. The SMILES string of the molecule is c1ccc(-c2ccc3c(c2)c2ccccc2n3-c2nc(-c3ccccc3)nc(-c3ccc(-c4ccc5c(c4)oc4ccccc45)cc3)n2)cc1. The molecule has 0 saturated heterocycles. The summed E-state index contributed by atoms with van der Waals surface area (Å²) >= 11 is 0. The van der Waals surface area contributed by atoms with Crippen LogP contribution in [0.3, 0.4) is 0 Å². The van der Waals surface area contributed by atoms with Crippen molar-refractivity contribution in [3.8, 4) is 51.0 Å². The maximum Gasteiger partial charge on any atom is 0.238 e. The first kappa shape index (κ1) is 28.2. The lowest BCUT2D eigenvalue weighted by molar-refractivity contribution is 0.669. The fraction of sp³-hybridized carbons (Fsp3) is 0. The summed E-state index contributed by atoms with van der Waals surface area (Å²) < 4.78 is 8.33. The van der Waals surface area contributed by atoms with Gasteiger partial charge in [0.25, 0.3) is 0 Å². The number of fused-ring (bicyclic) bond motifs is 6. The molecule has 0 unspecified atom stereocenters. The molecule has 10 rings (SSSR count). The molecule has 0 N–H and O–H groups in total. The third-order valence-corrected chi connectivity index (χ3v) is 9.49. The molecule has 0 radical (unpaired) electrons. The predicted octanol–water partition coefficient (Wildman–Crippen LogP) is 11.5. The summed E-state index contributed by atoms with van der Waals surface area (Å²) in [5.74, 6) is 1.81. The molecule has 234 valence electrons. The Labute approximate surface area is 287 Å². The smallest absolute Gasteiger partial charge is 0.238 e. The molecule has 7 aromatic carbocycles. The van der Waals surface area contributed by atoms with Gasteiger partial charge in [-0.25, -0.2) is 4.98 Å². The molecule has 0 saturated carbocycles. The molecule has 3 aromatic heterocycles. The Balaban J connectivity index is 1.11. The average Bonchev–Trinajstić information content (AvgIpc) is 3.73. The first-order valence-corrected chi connectivity index (χ1v) is 16.7. The van der Waals surface area contributed by atoms with Gasteiger partial charge >= 0.3 is 0 Å². The highest BCUT2D eigenvalue weighted by molar-refractivity contribution is 6.10. The lowest BCUT2D eigenvalue weighted by Gasteiger charge is -2.11. The number of hydrogen-bond donors (Lipinski definition) is 0. The second-order valence-corrected chi connectivity index (χ2v) is 12.5. The molecular formula is C45H28N4O. The normalized spacial score (nSPS) is 11.6. The van der Waals surface area contributed by atoms with Gasteiger partial charge in [0.15, 0.2) is 11.6 Å². The molecule has 0 aliphatic carbocycles. The quantitative estimate of drug-likeness (QED) is 0.188. The number of benzene rings is 7. The summed E-state index contributed by atoms with van der Waals surface area (Å²) in [7, 11) is 0. The number of para-hydroxylation sites is 2. The largest absolute Gasteiger partial charge is 0.456 e. The van der Waals surface area contributed by atoms with Crippen LogP contribution in [0.15, 0.2) is 174 Å². The molecule has 0 atom stereocenters. The summed E-state index contributed by atoms with van der Waals surface area (Å²) in [6, 6.07) is 58.7. The molecule has 0 aliphatic rings. The minimum atomic E-state index is 0.576. The molecule has 3 heterocycles. The van der Waals surface area contributed by atoms with E-state index in [9.17, 15) is 0 Å². The van der Waals surface area contributed by atoms with Crippen molar-refractivity contribution in [3.05, 3.63) is 170 Å². The van der Waals surface area contributed by atoms with E-state index in [1.165, 1.54) is 11.1 Å². The van der Waals surface area contributed by atoms with Crippen molar-refractivity contribution in [2.75, 3.05) is 0 Å². The third-order valence-electron chi connectivity index (χ3n) is 9.49. The Kier molecular flexibility index (Phi) is 6.42. The van der Waals surface area contributed by atoms with Crippen molar-refractivity contribution in [3.63, 3.8) is 0 Å². The molecule has 0 fully saturated rings. The van der Waals surface area contributed by atoms with Crippen molar-refractivity contribution >= 4 is 43.7 Å². The Morgan fingerprint density at radius 2 is 0.860 bits per heavy atom. The first-order valence-electron chi connectivity index (χ1n) is 16.7. The van der Waals surface area contributed by atoms with Crippen LogP contribution in [-0.4, -0.2) is 19.5 Å². The minimum absolute atomic E-state index is 0.576. The standard InChI is InChI=1S/C45H28N4O/c1-3-11-29(12-4-1)33-24-26-40-38(27-33)35-15-7-9-17-39(35)49(40)45-47-43(31-13-5-2-6-14-31)46-44(48-45)32-21-19-30(20-22-32)34-23-25-37-36-16-8-10-18-41(36)50-42(37)28-34/h1-28H.